The summed E-state index contributed by atoms with van der Waals surface area (Å²) in [6.45, 7) is -0.410. The number of rotatable bonds is 6. The number of hydrogen-bond donors (Lipinski definition) is 1. The van der Waals surface area contributed by atoms with Gasteiger partial charge >= 0.3 is 11.9 Å². The Hall–Kier alpha value is -2.87. The zero-order chi connectivity index (χ0) is 21.5. The molecule has 0 spiro atoms. The van der Waals surface area contributed by atoms with Gasteiger partial charge in [-0.15, -0.1) is 0 Å². The van der Waals surface area contributed by atoms with Crippen LogP contribution in [0, 0.1) is 23.7 Å². The summed E-state index contributed by atoms with van der Waals surface area (Å²) < 4.78 is 16.4. The molecule has 2 aromatic carbocycles. The number of hydrogen-bond acceptors (Lipinski definition) is 6. The van der Waals surface area contributed by atoms with Crippen molar-refractivity contribution >= 4 is 39.5 Å². The van der Waals surface area contributed by atoms with E-state index in [2.05, 4.69) is 21.2 Å². The van der Waals surface area contributed by atoms with Gasteiger partial charge in [-0.05, 0) is 48.7 Å². The lowest BCUT2D eigenvalue weighted by Crippen LogP contribution is -2.39. The first-order valence-corrected chi connectivity index (χ1v) is 11.1. The molecule has 2 aromatic rings. The molecule has 1 saturated heterocycles. The van der Waals surface area contributed by atoms with E-state index in [-0.39, 0.29) is 28.7 Å². The number of alkyl halides is 1. The first-order chi connectivity index (χ1) is 15.0. The van der Waals surface area contributed by atoms with Crippen molar-refractivity contribution in [3.05, 3.63) is 54.6 Å². The number of benzene rings is 2. The van der Waals surface area contributed by atoms with Gasteiger partial charge in [0.25, 0.3) is 5.91 Å². The molecule has 7 nitrogen and oxygen atoms in total. The van der Waals surface area contributed by atoms with Crippen LogP contribution in [0.2, 0.25) is 0 Å². The fourth-order valence-corrected chi connectivity index (χ4v) is 6.00. The SMILES string of the molecule is O=C(COC(=O)[C@@H]1[C@H]2C[C@H]3[C@H](OC(=O)[C@H]31)[C@@H]2Br)Nc1ccc(Oc2ccccc2)cc1. The molecule has 2 saturated carbocycles. The van der Waals surface area contributed by atoms with Crippen molar-refractivity contribution in [2.24, 2.45) is 23.7 Å². The highest BCUT2D eigenvalue weighted by Gasteiger charge is 2.68. The maximum atomic E-state index is 12.6. The van der Waals surface area contributed by atoms with E-state index in [1.807, 2.05) is 30.3 Å². The fourth-order valence-electron chi connectivity index (χ4n) is 4.96. The lowest BCUT2D eigenvalue weighted by molar-refractivity contribution is -0.157. The van der Waals surface area contributed by atoms with Gasteiger partial charge in [-0.25, -0.2) is 0 Å². The van der Waals surface area contributed by atoms with Crippen LogP contribution >= 0.6 is 15.9 Å². The van der Waals surface area contributed by atoms with Crippen molar-refractivity contribution in [1.29, 1.82) is 0 Å². The van der Waals surface area contributed by atoms with E-state index in [1.165, 1.54) is 0 Å². The second-order valence-corrected chi connectivity index (χ2v) is 9.11. The third-order valence-electron chi connectivity index (χ3n) is 6.26. The maximum Gasteiger partial charge on any atom is 0.310 e. The third kappa shape index (κ3) is 3.69. The smallest absolute Gasteiger partial charge is 0.310 e. The number of carbonyl (C=O) groups excluding carboxylic acids is 3. The Labute approximate surface area is 187 Å². The van der Waals surface area contributed by atoms with Gasteiger partial charge in [0.15, 0.2) is 6.61 Å². The lowest BCUT2D eigenvalue weighted by atomic mass is 9.80. The predicted octanol–water partition coefficient (Wildman–Crippen LogP) is 3.53. The molecule has 1 amide bonds. The predicted molar refractivity (Wildman–Crippen MR) is 114 cm³/mol. The minimum atomic E-state index is -0.553. The van der Waals surface area contributed by atoms with E-state index >= 15 is 0 Å². The Balaban J connectivity index is 1.14. The second-order valence-electron chi connectivity index (χ2n) is 8.06. The van der Waals surface area contributed by atoms with Crippen LogP contribution < -0.4 is 10.1 Å². The summed E-state index contributed by atoms with van der Waals surface area (Å²) in [4.78, 5) is 37.0. The lowest BCUT2D eigenvalue weighted by Gasteiger charge is -2.26. The minimum Gasteiger partial charge on any atom is -0.461 e. The Kier molecular flexibility index (Phi) is 5.17. The number of ether oxygens (including phenoxy) is 3. The van der Waals surface area contributed by atoms with Crippen LogP contribution in [-0.2, 0) is 23.9 Å². The molecule has 2 bridgehead atoms. The molecule has 0 unspecified atom stereocenters. The van der Waals surface area contributed by atoms with E-state index in [1.54, 1.807) is 24.3 Å². The summed E-state index contributed by atoms with van der Waals surface area (Å²) in [6, 6.07) is 16.3. The Morgan fingerprint density at radius 3 is 2.48 bits per heavy atom. The molecule has 160 valence electrons. The normalized spacial score (nSPS) is 30.0. The summed E-state index contributed by atoms with van der Waals surface area (Å²) >= 11 is 3.56. The van der Waals surface area contributed by atoms with Crippen molar-refractivity contribution in [1.82, 2.24) is 0 Å². The molecule has 0 radical (unpaired) electrons. The number of esters is 2. The van der Waals surface area contributed by atoms with Gasteiger partial charge in [0.05, 0.1) is 16.7 Å². The highest BCUT2D eigenvalue weighted by molar-refractivity contribution is 9.09. The molecular formula is C23H20BrNO6. The zero-order valence-corrected chi connectivity index (χ0v) is 18.0. The molecule has 8 heteroatoms. The van der Waals surface area contributed by atoms with E-state index in [9.17, 15) is 14.4 Å². The zero-order valence-electron chi connectivity index (χ0n) is 16.4. The van der Waals surface area contributed by atoms with Crippen LogP contribution in [0.4, 0.5) is 5.69 Å². The van der Waals surface area contributed by atoms with E-state index in [0.29, 0.717) is 11.4 Å². The number of carbonyl (C=O) groups is 3. The van der Waals surface area contributed by atoms with Crippen molar-refractivity contribution < 1.29 is 28.6 Å². The van der Waals surface area contributed by atoms with Gasteiger partial charge in [-0.3, -0.25) is 14.4 Å². The van der Waals surface area contributed by atoms with Gasteiger partial charge < -0.3 is 19.5 Å². The van der Waals surface area contributed by atoms with Crippen LogP contribution in [0.3, 0.4) is 0 Å². The van der Waals surface area contributed by atoms with Crippen molar-refractivity contribution in [2.45, 2.75) is 17.4 Å². The standard InChI is InChI=1S/C23H20BrNO6/c24-20-15-10-16-19(23(28)31-21(16)20)18(15)22(27)29-11-17(26)25-12-6-8-14(9-7-12)30-13-4-2-1-3-5-13/h1-9,15-16,18-21H,10-11H2,(H,25,26)/t15-,16-,18-,19-,20-,21+/m1/s1. The van der Waals surface area contributed by atoms with Crippen LogP contribution in [0.15, 0.2) is 54.6 Å². The molecule has 1 aliphatic heterocycles. The topological polar surface area (TPSA) is 90.9 Å². The molecule has 0 aromatic heterocycles. The number of amides is 1. The number of para-hydroxylation sites is 1. The Bertz CT molecular complexity index is 1010. The molecule has 1 heterocycles. The van der Waals surface area contributed by atoms with E-state index in [0.717, 1.165) is 12.2 Å². The number of anilines is 1. The van der Waals surface area contributed by atoms with Crippen LogP contribution in [0.1, 0.15) is 6.42 Å². The largest absolute Gasteiger partial charge is 0.461 e. The first kappa shape index (κ1) is 20.1. The first-order valence-electron chi connectivity index (χ1n) is 10.2. The summed E-state index contributed by atoms with van der Waals surface area (Å²) in [5, 5.41) is 2.69. The highest BCUT2D eigenvalue weighted by Crippen LogP contribution is 2.60. The molecule has 5 rings (SSSR count). The fraction of sp³-hybridized carbons (Fsp3) is 0.348. The molecular weight excluding hydrogens is 466 g/mol. The van der Waals surface area contributed by atoms with Crippen molar-refractivity contribution in [3.63, 3.8) is 0 Å². The number of nitrogens with one attached hydrogen (secondary N) is 1. The Morgan fingerprint density at radius 2 is 1.74 bits per heavy atom. The van der Waals surface area contributed by atoms with Gasteiger partial charge in [0.1, 0.15) is 17.6 Å². The molecule has 3 aliphatic rings. The third-order valence-corrected chi connectivity index (χ3v) is 7.46. The maximum absolute atomic E-state index is 12.6. The van der Waals surface area contributed by atoms with Gasteiger partial charge in [-0.1, -0.05) is 34.1 Å². The minimum absolute atomic E-state index is 0.000768. The molecule has 6 atom stereocenters. The van der Waals surface area contributed by atoms with Gasteiger partial charge in [0, 0.05) is 11.6 Å². The quantitative estimate of drug-likeness (QED) is 0.497. The summed E-state index contributed by atoms with van der Waals surface area (Å²) in [5.74, 6) is -0.878. The van der Waals surface area contributed by atoms with Crippen LogP contribution in [0.25, 0.3) is 0 Å². The van der Waals surface area contributed by atoms with E-state index < -0.39 is 30.3 Å². The molecule has 31 heavy (non-hydrogen) atoms. The number of fused-ring (bicyclic) bond motifs is 1. The Morgan fingerprint density at radius 1 is 1.03 bits per heavy atom. The van der Waals surface area contributed by atoms with Crippen molar-refractivity contribution in [2.75, 3.05) is 11.9 Å². The second kappa shape index (κ2) is 8.00. The van der Waals surface area contributed by atoms with Crippen LogP contribution in [-0.4, -0.2) is 35.4 Å². The number of halogens is 1. The monoisotopic (exact) mass is 485 g/mol. The van der Waals surface area contributed by atoms with Gasteiger partial charge in [-0.2, -0.15) is 0 Å². The molecule has 3 fully saturated rings. The average molecular weight is 486 g/mol. The average Bonchev–Trinajstić information content (AvgIpc) is 3.38. The summed E-state index contributed by atoms with van der Waals surface area (Å²) in [7, 11) is 0. The van der Waals surface area contributed by atoms with Gasteiger partial charge in [0.2, 0.25) is 0 Å². The molecule has 1 N–H and O–H groups in total. The highest BCUT2D eigenvalue weighted by atomic mass is 79.9. The summed E-state index contributed by atoms with van der Waals surface area (Å²) in [5.41, 5.74) is 0.559. The van der Waals surface area contributed by atoms with Crippen molar-refractivity contribution in [3.8, 4) is 11.5 Å². The molecule has 2 aliphatic carbocycles. The van der Waals surface area contributed by atoms with E-state index in [4.69, 9.17) is 14.2 Å². The summed E-state index contributed by atoms with van der Waals surface area (Å²) in [6.07, 6.45) is 0.615. The van der Waals surface area contributed by atoms with Crippen LogP contribution in [0.5, 0.6) is 11.5 Å².